The van der Waals surface area contributed by atoms with Gasteiger partial charge in [0.1, 0.15) is 6.54 Å². The van der Waals surface area contributed by atoms with Crippen LogP contribution in [0, 0.1) is 6.92 Å². The number of nitrogens with one attached hydrogen (secondary N) is 2. The first-order valence-corrected chi connectivity index (χ1v) is 15.3. The number of nitrogens with zero attached hydrogens (tertiary/aromatic N) is 3. The largest absolute Gasteiger partial charge is 0.379 e. The van der Waals surface area contributed by atoms with Crippen molar-refractivity contribution < 1.29 is 23.9 Å². The lowest BCUT2D eigenvalue weighted by atomic mass is 9.98. The summed E-state index contributed by atoms with van der Waals surface area (Å²) in [6, 6.07) is 29.3. The Morgan fingerprint density at radius 2 is 1.46 bits per heavy atom. The van der Waals surface area contributed by atoms with E-state index in [0.717, 1.165) is 16.7 Å². The van der Waals surface area contributed by atoms with E-state index in [9.17, 15) is 19.2 Å². The van der Waals surface area contributed by atoms with Crippen LogP contribution in [-0.2, 0) is 14.3 Å². The van der Waals surface area contributed by atoms with E-state index in [1.165, 1.54) is 4.90 Å². The van der Waals surface area contributed by atoms with E-state index >= 15 is 0 Å². The molecule has 4 amide bonds. The lowest BCUT2D eigenvalue weighted by molar-refractivity contribution is -0.128. The Bertz CT molecular complexity index is 1750. The molecule has 1 fully saturated rings. The second-order valence-corrected chi connectivity index (χ2v) is 11.3. The van der Waals surface area contributed by atoms with Crippen molar-refractivity contribution in [1.29, 1.82) is 0 Å². The monoisotopic (exact) mass is 617 g/mol. The summed E-state index contributed by atoms with van der Waals surface area (Å²) in [6.07, 6.45) is 0.0553. The number of para-hydroxylation sites is 2. The average molecular weight is 618 g/mol. The third-order valence-electron chi connectivity index (χ3n) is 8.08. The molecule has 0 saturated carbocycles. The summed E-state index contributed by atoms with van der Waals surface area (Å²) in [7, 11) is 0. The van der Waals surface area contributed by atoms with Gasteiger partial charge in [-0.3, -0.25) is 24.6 Å². The van der Waals surface area contributed by atoms with Gasteiger partial charge in [0.25, 0.3) is 17.7 Å². The fourth-order valence-electron chi connectivity index (χ4n) is 5.65. The van der Waals surface area contributed by atoms with E-state index < -0.39 is 0 Å². The Morgan fingerprint density at radius 1 is 0.783 bits per heavy atom. The molecule has 2 heterocycles. The number of hydrogen-bond donors (Lipinski definition) is 2. The molecule has 10 nitrogen and oxygen atoms in total. The van der Waals surface area contributed by atoms with Crippen LogP contribution in [0.25, 0.3) is 11.1 Å². The minimum Gasteiger partial charge on any atom is -0.379 e. The molecule has 0 aliphatic carbocycles. The Balaban J connectivity index is 1.17. The molecule has 0 radical (unpaired) electrons. The topological polar surface area (TPSA) is 111 Å². The molecule has 234 valence electrons. The molecule has 0 atom stereocenters. The van der Waals surface area contributed by atoms with Gasteiger partial charge in [-0.05, 0) is 60.5 Å². The van der Waals surface area contributed by atoms with E-state index in [1.807, 2.05) is 49.4 Å². The molecular weight excluding hydrogens is 582 g/mol. The number of amides is 4. The van der Waals surface area contributed by atoms with Crippen LogP contribution < -0.4 is 20.5 Å². The maximum absolute atomic E-state index is 13.8. The third-order valence-corrected chi connectivity index (χ3v) is 8.08. The maximum atomic E-state index is 13.8. The molecular formula is C36H35N5O5. The Hall–Kier alpha value is -5.32. The normalized spacial score (nSPS) is 15.1. The van der Waals surface area contributed by atoms with E-state index in [-0.39, 0.29) is 43.1 Å². The minimum atomic E-state index is -0.316. The van der Waals surface area contributed by atoms with Gasteiger partial charge in [0.15, 0.2) is 0 Å². The number of anilines is 3. The predicted octanol–water partition coefficient (Wildman–Crippen LogP) is 4.66. The third kappa shape index (κ3) is 6.83. The number of aryl methyl sites for hydroxylation is 1. The van der Waals surface area contributed by atoms with Crippen LogP contribution in [-0.4, -0.2) is 68.0 Å². The quantitative estimate of drug-likeness (QED) is 0.312. The fraction of sp³-hybridized carbons (Fsp3) is 0.222. The summed E-state index contributed by atoms with van der Waals surface area (Å²) in [6.45, 7) is 4.20. The molecule has 0 aromatic heterocycles. The number of hydrogen-bond acceptors (Lipinski definition) is 6. The molecule has 10 heteroatoms. The highest BCUT2D eigenvalue weighted by atomic mass is 16.5. The molecule has 1 saturated heterocycles. The standard InChI is InChI=1S/C36H35N5O5/c1-25-10-12-26(13-11-25)29-6-2-3-7-30(29)35(44)37-28-16-14-27(15-17-28)36(45)40-19-18-34(43)41(32-9-5-4-8-31(32)40)24-33(42)38-39-20-22-46-23-21-39/h2-17H,18-24H2,1H3,(H,37,44)(H,38,42). The van der Waals surface area contributed by atoms with Gasteiger partial charge in [0, 0.05) is 42.9 Å². The molecule has 2 N–H and O–H groups in total. The van der Waals surface area contributed by atoms with Crippen LogP contribution >= 0.6 is 0 Å². The zero-order valence-corrected chi connectivity index (χ0v) is 25.6. The molecule has 46 heavy (non-hydrogen) atoms. The van der Waals surface area contributed by atoms with Crippen LogP contribution in [0.1, 0.15) is 32.7 Å². The van der Waals surface area contributed by atoms with Crippen molar-refractivity contribution in [3.8, 4) is 11.1 Å². The van der Waals surface area contributed by atoms with Gasteiger partial charge in [0.2, 0.25) is 5.91 Å². The molecule has 0 spiro atoms. The van der Waals surface area contributed by atoms with Gasteiger partial charge in [-0.25, -0.2) is 5.01 Å². The minimum absolute atomic E-state index is 0.0553. The molecule has 0 bridgehead atoms. The molecule has 6 rings (SSSR count). The summed E-state index contributed by atoms with van der Waals surface area (Å²) < 4.78 is 5.33. The Kier molecular flexibility index (Phi) is 9.18. The number of morpholine rings is 1. The van der Waals surface area contributed by atoms with Crippen molar-refractivity contribution >= 4 is 40.7 Å². The first kappa shape index (κ1) is 30.7. The van der Waals surface area contributed by atoms with Gasteiger partial charge in [-0.1, -0.05) is 60.2 Å². The predicted molar refractivity (Wildman–Crippen MR) is 177 cm³/mol. The number of ether oxygens (including phenoxy) is 1. The van der Waals surface area contributed by atoms with Crippen LogP contribution in [0.3, 0.4) is 0 Å². The molecule has 0 unspecified atom stereocenters. The number of fused-ring (bicyclic) bond motifs is 1. The lowest BCUT2D eigenvalue weighted by Gasteiger charge is -2.29. The summed E-state index contributed by atoms with van der Waals surface area (Å²) in [5.74, 6) is -1.11. The van der Waals surface area contributed by atoms with E-state index in [1.54, 1.807) is 64.5 Å². The molecule has 4 aromatic carbocycles. The molecule has 4 aromatic rings. The Labute approximate surface area is 267 Å². The van der Waals surface area contributed by atoms with Crippen molar-refractivity contribution in [2.45, 2.75) is 13.3 Å². The van der Waals surface area contributed by atoms with Crippen molar-refractivity contribution in [1.82, 2.24) is 10.4 Å². The van der Waals surface area contributed by atoms with Gasteiger partial charge >= 0.3 is 0 Å². The highest BCUT2D eigenvalue weighted by Crippen LogP contribution is 2.34. The highest BCUT2D eigenvalue weighted by Gasteiger charge is 2.31. The SMILES string of the molecule is Cc1ccc(-c2ccccc2C(=O)Nc2ccc(C(=O)N3CCC(=O)N(CC(=O)NN4CCOCC4)c4ccccc43)cc2)cc1. The highest BCUT2D eigenvalue weighted by molar-refractivity contribution is 6.12. The van der Waals surface area contributed by atoms with Crippen molar-refractivity contribution in [2.24, 2.45) is 0 Å². The van der Waals surface area contributed by atoms with Gasteiger partial charge < -0.3 is 19.9 Å². The number of hydrazine groups is 1. The van der Waals surface area contributed by atoms with Crippen LogP contribution in [0.15, 0.2) is 97.1 Å². The van der Waals surface area contributed by atoms with Gasteiger partial charge in [-0.15, -0.1) is 0 Å². The smallest absolute Gasteiger partial charge is 0.258 e. The van der Waals surface area contributed by atoms with Gasteiger partial charge in [-0.2, -0.15) is 0 Å². The molecule has 2 aliphatic heterocycles. The van der Waals surface area contributed by atoms with Crippen molar-refractivity contribution in [3.63, 3.8) is 0 Å². The lowest BCUT2D eigenvalue weighted by Crippen LogP contribution is -2.51. The van der Waals surface area contributed by atoms with Crippen LogP contribution in [0.2, 0.25) is 0 Å². The summed E-state index contributed by atoms with van der Waals surface area (Å²) >= 11 is 0. The second-order valence-electron chi connectivity index (χ2n) is 11.3. The number of carbonyl (C=O) groups excluding carboxylic acids is 4. The summed E-state index contributed by atoms with van der Waals surface area (Å²) in [4.78, 5) is 56.2. The van der Waals surface area contributed by atoms with Crippen molar-refractivity contribution in [3.05, 3.63) is 114 Å². The maximum Gasteiger partial charge on any atom is 0.258 e. The average Bonchev–Trinajstić information content (AvgIpc) is 3.21. The first-order chi connectivity index (χ1) is 22.4. The van der Waals surface area contributed by atoms with Crippen molar-refractivity contribution in [2.75, 3.05) is 54.5 Å². The number of carbonyl (C=O) groups is 4. The Morgan fingerprint density at radius 3 is 2.20 bits per heavy atom. The fourth-order valence-corrected chi connectivity index (χ4v) is 5.65. The van der Waals surface area contributed by atoms with Gasteiger partial charge in [0.05, 0.1) is 24.6 Å². The zero-order chi connectivity index (χ0) is 32.0. The zero-order valence-electron chi connectivity index (χ0n) is 25.6. The first-order valence-electron chi connectivity index (χ1n) is 15.3. The van der Waals surface area contributed by atoms with E-state index in [2.05, 4.69) is 10.7 Å². The van der Waals surface area contributed by atoms with E-state index in [4.69, 9.17) is 4.74 Å². The number of benzene rings is 4. The summed E-state index contributed by atoms with van der Waals surface area (Å²) in [5.41, 5.74) is 8.29. The van der Waals surface area contributed by atoms with Crippen LogP contribution in [0.4, 0.5) is 17.1 Å². The number of rotatable bonds is 7. The molecule has 2 aliphatic rings. The van der Waals surface area contributed by atoms with Crippen LogP contribution in [0.5, 0.6) is 0 Å². The second kappa shape index (κ2) is 13.8. The van der Waals surface area contributed by atoms with E-state index in [0.29, 0.717) is 54.5 Å². The summed E-state index contributed by atoms with van der Waals surface area (Å²) in [5, 5.41) is 4.73.